The van der Waals surface area contributed by atoms with Crippen molar-refractivity contribution in [1.82, 2.24) is 19.8 Å². The number of benzene rings is 2. The van der Waals surface area contributed by atoms with E-state index in [0.29, 0.717) is 5.56 Å². The summed E-state index contributed by atoms with van der Waals surface area (Å²) >= 11 is 1.47. The number of hydrogen-bond donors (Lipinski definition) is 1. The van der Waals surface area contributed by atoms with E-state index in [-0.39, 0.29) is 5.91 Å². The number of carbonyl (C=O) groups excluding carboxylic acids is 1. The minimum atomic E-state index is -0.130. The largest absolute Gasteiger partial charge is 0.322 e. The first-order valence-electron chi connectivity index (χ1n) is 7.78. The summed E-state index contributed by atoms with van der Waals surface area (Å²) in [6, 6.07) is 15.1. The van der Waals surface area contributed by atoms with Crippen molar-refractivity contribution in [3.63, 3.8) is 0 Å². The molecule has 2 heterocycles. The molecular formula is C18H15N5OS. The molecule has 1 amide bonds. The van der Waals surface area contributed by atoms with Gasteiger partial charge < -0.3 is 5.32 Å². The Morgan fingerprint density at radius 3 is 2.64 bits per heavy atom. The van der Waals surface area contributed by atoms with Crippen molar-refractivity contribution in [2.24, 2.45) is 0 Å². The predicted molar refractivity (Wildman–Crippen MR) is 98.0 cm³/mol. The first-order valence-corrected chi connectivity index (χ1v) is 8.60. The van der Waals surface area contributed by atoms with Crippen LogP contribution in [0.5, 0.6) is 0 Å². The molecular weight excluding hydrogens is 334 g/mol. The standard InChI is InChI=1S/C18H15N5OS/c1-11-8-9-14(17-22-23-12(2)20-21-18(23)25-17)10-15(11)19-16(24)13-6-4-3-5-7-13/h3-10H,1-2H3,(H,19,24). The maximum Gasteiger partial charge on any atom is 0.255 e. The van der Waals surface area contributed by atoms with E-state index < -0.39 is 0 Å². The van der Waals surface area contributed by atoms with E-state index in [1.807, 2.05) is 50.2 Å². The van der Waals surface area contributed by atoms with Crippen LogP contribution in [0.15, 0.2) is 48.5 Å². The quantitative estimate of drug-likeness (QED) is 0.612. The number of fused-ring (bicyclic) bond motifs is 1. The Balaban J connectivity index is 1.67. The monoisotopic (exact) mass is 349 g/mol. The number of anilines is 1. The summed E-state index contributed by atoms with van der Waals surface area (Å²) in [7, 11) is 0. The molecule has 0 fully saturated rings. The second-order valence-corrected chi connectivity index (χ2v) is 6.65. The first-order chi connectivity index (χ1) is 12.1. The third kappa shape index (κ3) is 2.89. The maximum atomic E-state index is 12.4. The summed E-state index contributed by atoms with van der Waals surface area (Å²) in [6.45, 7) is 3.83. The minimum Gasteiger partial charge on any atom is -0.322 e. The van der Waals surface area contributed by atoms with Gasteiger partial charge in [0.05, 0.1) is 0 Å². The SMILES string of the molecule is Cc1ccc(-c2nn3c(C)nnc3s2)cc1NC(=O)c1ccccc1. The van der Waals surface area contributed by atoms with Gasteiger partial charge in [0.25, 0.3) is 5.91 Å². The molecule has 2 aromatic heterocycles. The highest BCUT2D eigenvalue weighted by molar-refractivity contribution is 7.19. The molecule has 6 nitrogen and oxygen atoms in total. The van der Waals surface area contributed by atoms with Crippen LogP contribution in [0.4, 0.5) is 5.69 Å². The maximum absolute atomic E-state index is 12.4. The number of carbonyl (C=O) groups is 1. The van der Waals surface area contributed by atoms with Crippen molar-refractivity contribution in [3.8, 4) is 10.6 Å². The zero-order valence-corrected chi connectivity index (χ0v) is 14.5. The first kappa shape index (κ1) is 15.5. The van der Waals surface area contributed by atoms with Gasteiger partial charge in [-0.1, -0.05) is 41.7 Å². The van der Waals surface area contributed by atoms with Gasteiger partial charge in [-0.15, -0.1) is 10.2 Å². The van der Waals surface area contributed by atoms with Crippen LogP contribution in [0.25, 0.3) is 15.5 Å². The fraction of sp³-hybridized carbons (Fsp3) is 0.111. The van der Waals surface area contributed by atoms with Gasteiger partial charge in [-0.25, -0.2) is 0 Å². The van der Waals surface area contributed by atoms with E-state index in [4.69, 9.17) is 0 Å². The molecule has 25 heavy (non-hydrogen) atoms. The lowest BCUT2D eigenvalue weighted by Gasteiger charge is -2.10. The molecule has 0 radical (unpaired) electrons. The molecule has 0 saturated heterocycles. The lowest BCUT2D eigenvalue weighted by atomic mass is 10.1. The molecule has 2 aromatic carbocycles. The minimum absolute atomic E-state index is 0.130. The van der Waals surface area contributed by atoms with E-state index >= 15 is 0 Å². The summed E-state index contributed by atoms with van der Waals surface area (Å²) in [5, 5.41) is 16.5. The summed E-state index contributed by atoms with van der Waals surface area (Å²) < 4.78 is 1.72. The van der Waals surface area contributed by atoms with Gasteiger partial charge in [0, 0.05) is 16.8 Å². The zero-order valence-electron chi connectivity index (χ0n) is 13.7. The van der Waals surface area contributed by atoms with Crippen LogP contribution in [0.2, 0.25) is 0 Å². The molecule has 0 aliphatic heterocycles. The van der Waals surface area contributed by atoms with Crippen LogP contribution in [-0.2, 0) is 0 Å². The van der Waals surface area contributed by atoms with E-state index in [9.17, 15) is 4.79 Å². The Bertz CT molecular complexity index is 1070. The van der Waals surface area contributed by atoms with E-state index in [0.717, 1.165) is 32.6 Å². The van der Waals surface area contributed by atoms with Gasteiger partial charge in [0.1, 0.15) is 5.01 Å². The van der Waals surface area contributed by atoms with Crippen molar-refractivity contribution >= 4 is 27.9 Å². The number of amides is 1. The summed E-state index contributed by atoms with van der Waals surface area (Å²) in [5.41, 5.74) is 3.33. The smallest absolute Gasteiger partial charge is 0.255 e. The van der Waals surface area contributed by atoms with Gasteiger partial charge in [-0.05, 0) is 37.6 Å². The van der Waals surface area contributed by atoms with Crippen molar-refractivity contribution in [3.05, 3.63) is 65.5 Å². The Hall–Kier alpha value is -3.06. The third-order valence-electron chi connectivity index (χ3n) is 3.92. The van der Waals surface area contributed by atoms with Crippen LogP contribution in [0.1, 0.15) is 21.7 Å². The molecule has 124 valence electrons. The second kappa shape index (κ2) is 6.10. The Morgan fingerprint density at radius 2 is 1.88 bits per heavy atom. The highest BCUT2D eigenvalue weighted by Gasteiger charge is 2.13. The van der Waals surface area contributed by atoms with E-state index in [1.165, 1.54) is 11.3 Å². The van der Waals surface area contributed by atoms with E-state index in [2.05, 4.69) is 20.6 Å². The molecule has 0 spiro atoms. The second-order valence-electron chi connectivity index (χ2n) is 5.70. The Kier molecular flexibility index (Phi) is 3.77. The molecule has 0 aliphatic rings. The highest BCUT2D eigenvalue weighted by Crippen LogP contribution is 2.29. The Morgan fingerprint density at radius 1 is 1.08 bits per heavy atom. The van der Waals surface area contributed by atoms with Gasteiger partial charge in [0.2, 0.25) is 4.96 Å². The fourth-order valence-corrected chi connectivity index (χ4v) is 3.39. The van der Waals surface area contributed by atoms with Crippen LogP contribution in [0, 0.1) is 13.8 Å². The van der Waals surface area contributed by atoms with Gasteiger partial charge in [-0.3, -0.25) is 4.79 Å². The lowest BCUT2D eigenvalue weighted by Crippen LogP contribution is -2.12. The summed E-state index contributed by atoms with van der Waals surface area (Å²) in [6.07, 6.45) is 0. The molecule has 1 N–H and O–H groups in total. The molecule has 4 aromatic rings. The summed E-state index contributed by atoms with van der Waals surface area (Å²) in [5.74, 6) is 0.622. The van der Waals surface area contributed by atoms with Crippen LogP contribution >= 0.6 is 11.3 Å². The fourth-order valence-electron chi connectivity index (χ4n) is 2.51. The number of hydrogen-bond acceptors (Lipinski definition) is 5. The molecule has 0 unspecified atom stereocenters. The van der Waals surface area contributed by atoms with Crippen molar-refractivity contribution in [1.29, 1.82) is 0 Å². The topological polar surface area (TPSA) is 72.2 Å². The van der Waals surface area contributed by atoms with E-state index in [1.54, 1.807) is 16.6 Å². The third-order valence-corrected chi connectivity index (χ3v) is 4.86. The van der Waals surface area contributed by atoms with Crippen molar-refractivity contribution in [2.75, 3.05) is 5.32 Å². The average molecular weight is 349 g/mol. The molecule has 0 saturated carbocycles. The van der Waals surface area contributed by atoms with Gasteiger partial charge >= 0.3 is 0 Å². The zero-order chi connectivity index (χ0) is 17.4. The lowest BCUT2D eigenvalue weighted by molar-refractivity contribution is 0.102. The number of aromatic nitrogens is 4. The molecule has 7 heteroatoms. The summed E-state index contributed by atoms with van der Waals surface area (Å²) in [4.78, 5) is 13.2. The number of aryl methyl sites for hydroxylation is 2. The predicted octanol–water partition coefficient (Wildman–Crippen LogP) is 3.72. The normalized spacial score (nSPS) is 11.0. The van der Waals surface area contributed by atoms with Gasteiger partial charge in [0.15, 0.2) is 5.82 Å². The van der Waals surface area contributed by atoms with Gasteiger partial charge in [-0.2, -0.15) is 9.61 Å². The van der Waals surface area contributed by atoms with Crippen LogP contribution < -0.4 is 5.32 Å². The molecule has 0 bridgehead atoms. The number of rotatable bonds is 3. The van der Waals surface area contributed by atoms with Crippen LogP contribution in [-0.4, -0.2) is 25.7 Å². The van der Waals surface area contributed by atoms with Crippen molar-refractivity contribution in [2.45, 2.75) is 13.8 Å². The molecule has 0 aliphatic carbocycles. The molecule has 4 rings (SSSR count). The highest BCUT2D eigenvalue weighted by atomic mass is 32.1. The Labute approximate surface area is 148 Å². The number of nitrogens with zero attached hydrogens (tertiary/aromatic N) is 4. The molecule has 0 atom stereocenters. The number of nitrogens with one attached hydrogen (secondary N) is 1. The van der Waals surface area contributed by atoms with Crippen molar-refractivity contribution < 1.29 is 4.79 Å². The average Bonchev–Trinajstić information content (AvgIpc) is 3.20. The van der Waals surface area contributed by atoms with Crippen LogP contribution in [0.3, 0.4) is 0 Å².